The number of carbonyl (C=O) groups excluding carboxylic acids is 1. The summed E-state index contributed by atoms with van der Waals surface area (Å²) in [6, 6.07) is 7.51. The number of hydrogen-bond donors (Lipinski definition) is 2. The predicted octanol–water partition coefficient (Wildman–Crippen LogP) is 0.0234. The lowest BCUT2D eigenvalue weighted by Crippen LogP contribution is -2.45. The third-order valence-corrected chi connectivity index (χ3v) is 2.79. The van der Waals surface area contributed by atoms with Gasteiger partial charge in [-0.05, 0) is 24.3 Å². The average molecular weight is 311 g/mol. The van der Waals surface area contributed by atoms with E-state index in [-0.39, 0.29) is 12.3 Å². The molecule has 0 aliphatic heterocycles. The van der Waals surface area contributed by atoms with Crippen molar-refractivity contribution in [1.82, 2.24) is 9.24 Å². The zero-order chi connectivity index (χ0) is 16.8. The van der Waals surface area contributed by atoms with E-state index in [0.717, 1.165) is 12.1 Å². The Bertz CT molecular complexity index is 929. The van der Waals surface area contributed by atoms with Crippen LogP contribution < -0.4 is 16.7 Å². The molecule has 0 fully saturated rings. The summed E-state index contributed by atoms with van der Waals surface area (Å²) < 4.78 is 1.75. The Balaban J connectivity index is 2.27. The molecule has 1 aromatic carbocycles. The monoisotopic (exact) mass is 311 g/mol. The lowest BCUT2D eigenvalue weighted by atomic mass is 10.2. The zero-order valence-electron chi connectivity index (χ0n) is 12.0. The second-order valence-electron chi connectivity index (χ2n) is 4.43. The minimum atomic E-state index is -0.724. The summed E-state index contributed by atoms with van der Waals surface area (Å²) >= 11 is 0. The van der Waals surface area contributed by atoms with Gasteiger partial charge in [0.2, 0.25) is 0 Å². The number of phenols is 1. The van der Waals surface area contributed by atoms with Crippen LogP contribution in [0.4, 0.5) is 0 Å². The van der Waals surface area contributed by atoms with Crippen molar-refractivity contribution in [1.29, 1.82) is 0 Å². The fourth-order valence-electron chi connectivity index (χ4n) is 1.70. The molecule has 0 atom stereocenters. The molecule has 2 aromatic rings. The maximum Gasteiger partial charge on any atom is 0.351 e. The summed E-state index contributed by atoms with van der Waals surface area (Å²) in [6.45, 7) is 3.26. The largest absolute Gasteiger partial charge is 0.508 e. The summed E-state index contributed by atoms with van der Waals surface area (Å²) in [5, 5.41) is 9.34. The number of rotatable bonds is 3. The van der Waals surface area contributed by atoms with Crippen molar-refractivity contribution >= 4 is 5.91 Å². The second-order valence-corrected chi connectivity index (χ2v) is 4.43. The Morgan fingerprint density at radius 1 is 1.35 bits per heavy atom. The first-order valence-corrected chi connectivity index (χ1v) is 6.55. The summed E-state index contributed by atoms with van der Waals surface area (Å²) in [4.78, 5) is 35.0. The number of aromatic hydroxyl groups is 1. The summed E-state index contributed by atoms with van der Waals surface area (Å²) in [6.07, 6.45) is 2.24. The van der Waals surface area contributed by atoms with Crippen molar-refractivity contribution < 1.29 is 9.90 Å². The highest BCUT2D eigenvalue weighted by molar-refractivity contribution is 5.93. The van der Waals surface area contributed by atoms with Crippen molar-refractivity contribution in [2.24, 2.45) is 0 Å². The van der Waals surface area contributed by atoms with Gasteiger partial charge in [0.15, 0.2) is 0 Å². The molecular formula is C16H13N3O4. The molecule has 7 nitrogen and oxygen atoms in total. The number of amides is 1. The SMILES string of the molecule is C=CC(=O)Nn1c(=O)ccn(CC#Cc2cccc(O)c2)c1=O. The Morgan fingerprint density at radius 2 is 2.13 bits per heavy atom. The van der Waals surface area contributed by atoms with Gasteiger partial charge in [-0.15, -0.1) is 0 Å². The van der Waals surface area contributed by atoms with Gasteiger partial charge in [-0.25, -0.2) is 4.79 Å². The Kier molecular flexibility index (Phi) is 4.79. The van der Waals surface area contributed by atoms with E-state index in [2.05, 4.69) is 23.8 Å². The first kappa shape index (κ1) is 15.9. The van der Waals surface area contributed by atoms with E-state index in [1.54, 1.807) is 12.1 Å². The third-order valence-electron chi connectivity index (χ3n) is 2.79. The first-order chi connectivity index (χ1) is 11.0. The summed E-state index contributed by atoms with van der Waals surface area (Å²) in [7, 11) is 0. The fraction of sp³-hybridized carbons (Fsp3) is 0.0625. The van der Waals surface area contributed by atoms with Gasteiger partial charge < -0.3 is 5.11 Å². The van der Waals surface area contributed by atoms with Crippen LogP contribution in [0.3, 0.4) is 0 Å². The molecule has 0 bridgehead atoms. The molecule has 1 heterocycles. The molecule has 7 heteroatoms. The molecular weight excluding hydrogens is 298 g/mol. The normalized spacial score (nSPS) is 9.57. The van der Waals surface area contributed by atoms with Crippen LogP contribution in [-0.2, 0) is 11.3 Å². The maximum atomic E-state index is 12.1. The van der Waals surface area contributed by atoms with E-state index < -0.39 is 17.2 Å². The van der Waals surface area contributed by atoms with Gasteiger partial charge in [-0.1, -0.05) is 24.5 Å². The molecule has 0 saturated heterocycles. The molecule has 0 aliphatic carbocycles. The van der Waals surface area contributed by atoms with E-state index >= 15 is 0 Å². The highest BCUT2D eigenvalue weighted by Gasteiger charge is 2.06. The van der Waals surface area contributed by atoms with Gasteiger partial charge >= 0.3 is 5.69 Å². The summed E-state index contributed by atoms with van der Waals surface area (Å²) in [5.41, 5.74) is 1.32. The first-order valence-electron chi connectivity index (χ1n) is 6.55. The highest BCUT2D eigenvalue weighted by Crippen LogP contribution is 2.09. The Labute approximate surface area is 131 Å². The van der Waals surface area contributed by atoms with E-state index in [0.29, 0.717) is 10.2 Å². The van der Waals surface area contributed by atoms with Crippen LogP contribution in [0.15, 0.2) is 58.8 Å². The van der Waals surface area contributed by atoms with Crippen LogP contribution in [0.1, 0.15) is 5.56 Å². The minimum Gasteiger partial charge on any atom is -0.508 e. The Hall–Kier alpha value is -3.53. The van der Waals surface area contributed by atoms with Gasteiger partial charge in [-0.2, -0.15) is 4.68 Å². The third kappa shape index (κ3) is 3.98. The number of phenolic OH excluding ortho intramolecular Hbond substituents is 1. The molecule has 1 amide bonds. The number of carbonyl (C=O) groups is 1. The van der Waals surface area contributed by atoms with Crippen molar-refractivity contribution in [2.45, 2.75) is 6.54 Å². The van der Waals surface area contributed by atoms with Crippen molar-refractivity contribution in [2.75, 3.05) is 5.43 Å². The lowest BCUT2D eigenvalue weighted by molar-refractivity contribution is -0.112. The van der Waals surface area contributed by atoms with E-state index in [9.17, 15) is 19.5 Å². The molecule has 0 spiro atoms. The molecule has 2 N–H and O–H groups in total. The summed E-state index contributed by atoms with van der Waals surface area (Å²) in [5.74, 6) is 4.96. The Morgan fingerprint density at radius 3 is 2.83 bits per heavy atom. The van der Waals surface area contributed by atoms with Crippen molar-refractivity contribution in [3.63, 3.8) is 0 Å². The zero-order valence-corrected chi connectivity index (χ0v) is 12.0. The quantitative estimate of drug-likeness (QED) is 0.617. The van der Waals surface area contributed by atoms with Crippen LogP contribution in [0.5, 0.6) is 5.75 Å². The number of hydrogen-bond acceptors (Lipinski definition) is 4. The number of nitrogens with one attached hydrogen (secondary N) is 1. The smallest absolute Gasteiger partial charge is 0.351 e. The van der Waals surface area contributed by atoms with E-state index in [1.807, 2.05) is 0 Å². The molecule has 23 heavy (non-hydrogen) atoms. The lowest BCUT2D eigenvalue weighted by Gasteiger charge is -2.07. The molecule has 0 aliphatic rings. The van der Waals surface area contributed by atoms with Gasteiger partial charge in [0.05, 0.1) is 6.54 Å². The van der Waals surface area contributed by atoms with Gasteiger partial charge in [0.1, 0.15) is 5.75 Å². The number of aromatic nitrogens is 2. The molecule has 1 aromatic heterocycles. The molecule has 0 radical (unpaired) electrons. The molecule has 0 saturated carbocycles. The molecule has 2 rings (SSSR count). The van der Waals surface area contributed by atoms with E-state index in [4.69, 9.17) is 0 Å². The standard InChI is InChI=1S/C16H13N3O4/c1-2-14(21)17-19-15(22)8-10-18(16(19)23)9-4-6-12-5-3-7-13(20)11-12/h2-3,5,7-8,10-11,20H,1,9H2,(H,17,21). The average Bonchev–Trinajstić information content (AvgIpc) is 2.53. The van der Waals surface area contributed by atoms with Crippen LogP contribution in [0.2, 0.25) is 0 Å². The van der Waals surface area contributed by atoms with Crippen LogP contribution in [-0.4, -0.2) is 20.3 Å². The molecule has 0 unspecified atom stereocenters. The van der Waals surface area contributed by atoms with Crippen molar-refractivity contribution in [3.8, 4) is 17.6 Å². The number of benzene rings is 1. The predicted molar refractivity (Wildman–Crippen MR) is 84.5 cm³/mol. The topological polar surface area (TPSA) is 93.3 Å². The minimum absolute atomic E-state index is 0.0126. The number of nitrogens with zero attached hydrogens (tertiary/aromatic N) is 2. The van der Waals surface area contributed by atoms with Crippen LogP contribution >= 0.6 is 0 Å². The maximum absolute atomic E-state index is 12.1. The second kappa shape index (κ2) is 6.95. The van der Waals surface area contributed by atoms with Gasteiger partial charge in [-0.3, -0.25) is 19.6 Å². The van der Waals surface area contributed by atoms with E-state index in [1.165, 1.54) is 22.9 Å². The van der Waals surface area contributed by atoms with Gasteiger partial charge in [0.25, 0.3) is 11.5 Å². The van der Waals surface area contributed by atoms with Crippen LogP contribution in [0, 0.1) is 11.8 Å². The van der Waals surface area contributed by atoms with Crippen molar-refractivity contribution in [3.05, 3.63) is 75.6 Å². The fourth-order valence-corrected chi connectivity index (χ4v) is 1.70. The van der Waals surface area contributed by atoms with Gasteiger partial charge in [0, 0.05) is 17.8 Å². The molecule has 116 valence electrons. The van der Waals surface area contributed by atoms with Crippen LogP contribution in [0.25, 0.3) is 0 Å². The highest BCUT2D eigenvalue weighted by atomic mass is 16.3.